The van der Waals surface area contributed by atoms with Gasteiger partial charge in [-0.05, 0) is 18.0 Å². The van der Waals surface area contributed by atoms with Gasteiger partial charge < -0.3 is 0 Å². The summed E-state index contributed by atoms with van der Waals surface area (Å²) >= 11 is 0.538. The lowest BCUT2D eigenvalue weighted by atomic mass is 10.4. The highest BCUT2D eigenvalue weighted by atomic mass is 32.2. The maximum atomic E-state index is 11.6. The van der Waals surface area contributed by atoms with Crippen molar-refractivity contribution >= 4 is 11.9 Å². The van der Waals surface area contributed by atoms with Crippen LogP contribution in [0.5, 0.6) is 0 Å². The Morgan fingerprint density at radius 3 is 2.33 bits per heavy atom. The van der Waals surface area contributed by atoms with Crippen molar-refractivity contribution in [1.29, 1.82) is 0 Å². The van der Waals surface area contributed by atoms with E-state index in [1.165, 1.54) is 6.20 Å². The van der Waals surface area contributed by atoms with Crippen LogP contribution < -0.4 is 4.72 Å². The average molecular weight is 154 g/mol. The second kappa shape index (κ2) is 2.13. The van der Waals surface area contributed by atoms with E-state index in [1.807, 2.05) is 0 Å². The summed E-state index contributed by atoms with van der Waals surface area (Å²) in [7, 11) is 0. The second-order valence-corrected chi connectivity index (χ2v) is 2.44. The summed E-state index contributed by atoms with van der Waals surface area (Å²) < 4.78 is 38.2. The maximum Gasteiger partial charge on any atom is 0.405 e. The Kier molecular flexibility index (Phi) is 1.61. The molecule has 0 aromatic rings. The van der Waals surface area contributed by atoms with Crippen LogP contribution in [0.2, 0.25) is 0 Å². The van der Waals surface area contributed by atoms with E-state index >= 15 is 0 Å². The molecule has 0 saturated heterocycles. The SMILES string of the molecule is FC(F)(F)C1C=C[N]S1. The van der Waals surface area contributed by atoms with Gasteiger partial charge in [0.25, 0.3) is 0 Å². The number of rotatable bonds is 0. The Hall–Kier alpha value is -0.320. The van der Waals surface area contributed by atoms with Crippen LogP contribution in [0.3, 0.4) is 0 Å². The number of hydrogen-bond acceptors (Lipinski definition) is 1. The molecule has 51 valence electrons. The lowest BCUT2D eigenvalue weighted by molar-refractivity contribution is -0.119. The minimum absolute atomic E-state index is 0.538. The molecule has 0 spiro atoms. The van der Waals surface area contributed by atoms with Crippen LogP contribution >= 0.6 is 11.9 Å². The predicted molar refractivity (Wildman–Crippen MR) is 28.7 cm³/mol. The van der Waals surface area contributed by atoms with Crippen molar-refractivity contribution in [2.45, 2.75) is 11.4 Å². The molecule has 0 aromatic heterocycles. The van der Waals surface area contributed by atoms with Gasteiger partial charge in [0.1, 0.15) is 5.25 Å². The molecule has 0 N–H and O–H groups in total. The Bertz CT molecular complexity index is 130. The third-order valence-corrected chi connectivity index (χ3v) is 1.71. The van der Waals surface area contributed by atoms with Crippen molar-refractivity contribution in [2.24, 2.45) is 0 Å². The topological polar surface area (TPSA) is 14.1 Å². The highest BCUT2D eigenvalue weighted by Crippen LogP contribution is 2.32. The fourth-order valence-electron chi connectivity index (χ4n) is 0.418. The number of alkyl halides is 3. The minimum atomic E-state index is -4.14. The van der Waals surface area contributed by atoms with Gasteiger partial charge in [-0.25, -0.2) is 4.72 Å². The minimum Gasteiger partial charge on any atom is -0.224 e. The van der Waals surface area contributed by atoms with E-state index in [0.717, 1.165) is 6.08 Å². The number of hydrogen-bond donors (Lipinski definition) is 0. The largest absolute Gasteiger partial charge is 0.405 e. The molecule has 9 heavy (non-hydrogen) atoms. The molecule has 1 atom stereocenters. The van der Waals surface area contributed by atoms with Crippen molar-refractivity contribution in [3.63, 3.8) is 0 Å². The standard InChI is InChI=1S/C4H3F3NS/c5-4(6,7)3-1-2-8-9-3/h1-3H. The Balaban J connectivity index is 2.53. The van der Waals surface area contributed by atoms with E-state index in [0.29, 0.717) is 11.9 Å². The normalized spacial score (nSPS) is 26.3. The summed E-state index contributed by atoms with van der Waals surface area (Å²) in [5.41, 5.74) is 0. The predicted octanol–water partition coefficient (Wildman–Crippen LogP) is 1.70. The fraction of sp³-hybridized carbons (Fsp3) is 0.500. The first-order chi connectivity index (χ1) is 4.11. The summed E-state index contributed by atoms with van der Waals surface area (Å²) in [6.45, 7) is 0. The van der Waals surface area contributed by atoms with Gasteiger partial charge in [-0.1, -0.05) is 0 Å². The van der Waals surface area contributed by atoms with E-state index < -0.39 is 11.4 Å². The first-order valence-corrected chi connectivity index (χ1v) is 3.04. The number of nitrogens with zero attached hydrogens (tertiary/aromatic N) is 1. The fourth-order valence-corrected chi connectivity index (χ4v) is 0.950. The zero-order valence-corrected chi connectivity index (χ0v) is 5.04. The van der Waals surface area contributed by atoms with Crippen molar-refractivity contribution < 1.29 is 13.2 Å². The van der Waals surface area contributed by atoms with Gasteiger partial charge in [-0.15, -0.1) is 0 Å². The lowest BCUT2D eigenvalue weighted by Crippen LogP contribution is -2.21. The van der Waals surface area contributed by atoms with Crippen LogP contribution in [0.1, 0.15) is 0 Å². The van der Waals surface area contributed by atoms with Crippen LogP contribution in [-0.4, -0.2) is 11.4 Å². The molecule has 1 radical (unpaired) electrons. The Morgan fingerprint density at radius 2 is 2.11 bits per heavy atom. The van der Waals surface area contributed by atoms with Crippen molar-refractivity contribution in [2.75, 3.05) is 0 Å². The molecule has 1 aliphatic rings. The van der Waals surface area contributed by atoms with Crippen molar-refractivity contribution in [3.05, 3.63) is 12.3 Å². The zero-order valence-electron chi connectivity index (χ0n) is 4.22. The van der Waals surface area contributed by atoms with Crippen molar-refractivity contribution in [3.8, 4) is 0 Å². The average Bonchev–Trinajstić information content (AvgIpc) is 2.08. The van der Waals surface area contributed by atoms with E-state index in [1.54, 1.807) is 0 Å². The highest BCUT2D eigenvalue weighted by molar-refractivity contribution is 7.98. The summed E-state index contributed by atoms with van der Waals surface area (Å²) in [6, 6.07) is 0. The van der Waals surface area contributed by atoms with Crippen LogP contribution in [0.4, 0.5) is 13.2 Å². The highest BCUT2D eigenvalue weighted by Gasteiger charge is 2.40. The Labute approximate surface area is 54.4 Å². The molecule has 1 aliphatic heterocycles. The quantitative estimate of drug-likeness (QED) is 0.484. The smallest absolute Gasteiger partial charge is 0.224 e. The molecule has 0 bridgehead atoms. The first-order valence-electron chi connectivity index (χ1n) is 2.20. The monoisotopic (exact) mass is 154 g/mol. The lowest BCUT2D eigenvalue weighted by Gasteiger charge is -2.08. The van der Waals surface area contributed by atoms with Gasteiger partial charge in [-0.2, -0.15) is 13.2 Å². The summed E-state index contributed by atoms with van der Waals surface area (Å²) in [5.74, 6) is 0. The molecule has 0 amide bonds. The summed E-state index contributed by atoms with van der Waals surface area (Å²) in [4.78, 5) is 0. The third kappa shape index (κ3) is 1.54. The summed E-state index contributed by atoms with van der Waals surface area (Å²) in [6.07, 6.45) is -1.94. The third-order valence-electron chi connectivity index (χ3n) is 0.819. The van der Waals surface area contributed by atoms with E-state index in [2.05, 4.69) is 4.72 Å². The van der Waals surface area contributed by atoms with Gasteiger partial charge >= 0.3 is 6.18 Å². The van der Waals surface area contributed by atoms with Gasteiger partial charge in [0.2, 0.25) is 0 Å². The molecule has 5 heteroatoms. The molecule has 0 fully saturated rings. The van der Waals surface area contributed by atoms with E-state index in [-0.39, 0.29) is 0 Å². The molecule has 1 nitrogen and oxygen atoms in total. The molecule has 0 aliphatic carbocycles. The molecule has 1 rings (SSSR count). The number of halogens is 3. The summed E-state index contributed by atoms with van der Waals surface area (Å²) in [5, 5.41) is -1.42. The Morgan fingerprint density at radius 1 is 1.44 bits per heavy atom. The molecular formula is C4H3F3NS. The maximum absolute atomic E-state index is 11.6. The van der Waals surface area contributed by atoms with E-state index in [4.69, 9.17) is 0 Å². The molecule has 0 saturated carbocycles. The van der Waals surface area contributed by atoms with Crippen molar-refractivity contribution in [1.82, 2.24) is 4.72 Å². The van der Waals surface area contributed by atoms with Crippen LogP contribution in [0.15, 0.2) is 12.3 Å². The van der Waals surface area contributed by atoms with Gasteiger partial charge in [0, 0.05) is 6.20 Å². The molecule has 1 unspecified atom stereocenters. The first kappa shape index (κ1) is 6.80. The zero-order chi connectivity index (χ0) is 6.91. The van der Waals surface area contributed by atoms with Crippen LogP contribution in [-0.2, 0) is 0 Å². The van der Waals surface area contributed by atoms with Gasteiger partial charge in [0.15, 0.2) is 0 Å². The molecular weight excluding hydrogens is 151 g/mol. The van der Waals surface area contributed by atoms with Crippen LogP contribution in [0, 0.1) is 0 Å². The van der Waals surface area contributed by atoms with Gasteiger partial charge in [0.05, 0.1) is 0 Å². The van der Waals surface area contributed by atoms with Crippen LogP contribution in [0.25, 0.3) is 0 Å². The molecule has 0 aromatic carbocycles. The van der Waals surface area contributed by atoms with Gasteiger partial charge in [-0.3, -0.25) is 0 Å². The van der Waals surface area contributed by atoms with E-state index in [9.17, 15) is 13.2 Å². The molecule has 1 heterocycles. The second-order valence-electron chi connectivity index (χ2n) is 1.51.